The number of rotatable bonds is 6. The largest absolute Gasteiger partial charge is 0.496 e. The molecule has 1 aromatic heterocycles. The van der Waals surface area contributed by atoms with E-state index < -0.39 is 0 Å². The molecule has 0 radical (unpaired) electrons. The Bertz CT molecular complexity index is 581. The van der Waals surface area contributed by atoms with Crippen molar-refractivity contribution >= 4 is 5.84 Å². The van der Waals surface area contributed by atoms with Gasteiger partial charge in [-0.1, -0.05) is 10.3 Å². The summed E-state index contributed by atoms with van der Waals surface area (Å²) in [5, 5.41) is 18.7. The number of oxime groups is 1. The van der Waals surface area contributed by atoms with Gasteiger partial charge in [-0.05, 0) is 18.2 Å². The van der Waals surface area contributed by atoms with E-state index in [2.05, 4.69) is 15.6 Å². The van der Waals surface area contributed by atoms with Crippen LogP contribution in [0, 0.1) is 0 Å². The van der Waals surface area contributed by atoms with Crippen molar-refractivity contribution in [2.24, 2.45) is 10.9 Å². The van der Waals surface area contributed by atoms with Crippen molar-refractivity contribution in [3.05, 3.63) is 47.3 Å². The maximum Gasteiger partial charge on any atom is 0.170 e. The highest BCUT2D eigenvalue weighted by molar-refractivity contribution is 5.97. The number of ether oxygens (including phenoxy) is 1. The van der Waals surface area contributed by atoms with Gasteiger partial charge in [0, 0.05) is 30.3 Å². The lowest BCUT2D eigenvalue weighted by Gasteiger charge is -2.11. The van der Waals surface area contributed by atoms with E-state index in [0.29, 0.717) is 18.7 Å². The van der Waals surface area contributed by atoms with Gasteiger partial charge >= 0.3 is 0 Å². The molecule has 2 rings (SSSR count). The van der Waals surface area contributed by atoms with Crippen LogP contribution in [0.5, 0.6) is 5.75 Å². The number of hydrogen-bond donors (Lipinski definition) is 3. The zero-order valence-corrected chi connectivity index (χ0v) is 11.0. The lowest BCUT2D eigenvalue weighted by atomic mass is 10.1. The lowest BCUT2D eigenvalue weighted by Crippen LogP contribution is -2.16. The maximum absolute atomic E-state index is 8.70. The van der Waals surface area contributed by atoms with E-state index in [-0.39, 0.29) is 5.84 Å². The Morgan fingerprint density at radius 3 is 2.95 bits per heavy atom. The van der Waals surface area contributed by atoms with Crippen LogP contribution in [-0.4, -0.2) is 23.3 Å². The van der Waals surface area contributed by atoms with Crippen LogP contribution in [0.3, 0.4) is 0 Å². The fraction of sp³-hybridized carbons (Fsp3) is 0.231. The zero-order chi connectivity index (χ0) is 14.4. The third kappa shape index (κ3) is 3.27. The zero-order valence-electron chi connectivity index (χ0n) is 11.0. The Morgan fingerprint density at radius 1 is 1.45 bits per heavy atom. The molecule has 4 N–H and O–H groups in total. The summed E-state index contributed by atoms with van der Waals surface area (Å²) in [4.78, 5) is 0. The van der Waals surface area contributed by atoms with E-state index in [1.165, 1.54) is 6.26 Å². The minimum atomic E-state index is 0.0606. The fourth-order valence-electron chi connectivity index (χ4n) is 1.79. The topological polar surface area (TPSA) is 106 Å². The Labute approximate surface area is 116 Å². The second-order valence-electron chi connectivity index (χ2n) is 4.11. The number of methoxy groups -OCH3 is 1. The van der Waals surface area contributed by atoms with Crippen molar-refractivity contribution in [2.75, 3.05) is 7.11 Å². The van der Waals surface area contributed by atoms with Crippen LogP contribution in [0.2, 0.25) is 0 Å². The van der Waals surface area contributed by atoms with Crippen molar-refractivity contribution in [1.82, 2.24) is 10.5 Å². The highest BCUT2D eigenvalue weighted by Gasteiger charge is 2.07. The minimum Gasteiger partial charge on any atom is -0.496 e. The van der Waals surface area contributed by atoms with Gasteiger partial charge in [-0.25, -0.2) is 0 Å². The number of nitrogens with two attached hydrogens (primary N) is 1. The number of aromatic nitrogens is 1. The summed E-state index contributed by atoms with van der Waals surface area (Å²) in [5.74, 6) is 0.789. The second kappa shape index (κ2) is 6.58. The van der Waals surface area contributed by atoms with Crippen LogP contribution in [0.1, 0.15) is 16.8 Å². The third-order valence-electron chi connectivity index (χ3n) is 2.80. The van der Waals surface area contributed by atoms with Crippen LogP contribution >= 0.6 is 0 Å². The quantitative estimate of drug-likeness (QED) is 0.315. The summed E-state index contributed by atoms with van der Waals surface area (Å²) in [6.45, 7) is 1.13. The predicted molar refractivity (Wildman–Crippen MR) is 72.6 cm³/mol. The summed E-state index contributed by atoms with van der Waals surface area (Å²) in [6.07, 6.45) is 1.52. The molecule has 0 bridgehead atoms. The Hall–Kier alpha value is -2.54. The van der Waals surface area contributed by atoms with Gasteiger partial charge < -0.3 is 25.5 Å². The molecule has 0 saturated heterocycles. The number of nitrogens with zero attached hydrogens (tertiary/aromatic N) is 2. The highest BCUT2D eigenvalue weighted by Crippen LogP contribution is 2.19. The monoisotopic (exact) mass is 276 g/mol. The smallest absolute Gasteiger partial charge is 0.170 e. The van der Waals surface area contributed by atoms with Crippen molar-refractivity contribution in [2.45, 2.75) is 13.1 Å². The molecule has 0 aliphatic heterocycles. The molecular weight excluding hydrogens is 260 g/mol. The van der Waals surface area contributed by atoms with Gasteiger partial charge in [0.25, 0.3) is 0 Å². The van der Waals surface area contributed by atoms with Crippen LogP contribution in [0.25, 0.3) is 0 Å². The highest BCUT2D eigenvalue weighted by atomic mass is 16.5. The van der Waals surface area contributed by atoms with Crippen LogP contribution in [0.4, 0.5) is 0 Å². The SMILES string of the molecule is COc1ccc(/C(N)=N/O)cc1CNCc1ccon1. The number of nitrogens with one attached hydrogen (secondary N) is 1. The molecule has 2 aromatic rings. The lowest BCUT2D eigenvalue weighted by molar-refractivity contribution is 0.318. The summed E-state index contributed by atoms with van der Waals surface area (Å²) in [7, 11) is 1.60. The average Bonchev–Trinajstić information content (AvgIpc) is 2.99. The molecule has 20 heavy (non-hydrogen) atoms. The van der Waals surface area contributed by atoms with Gasteiger partial charge in [0.2, 0.25) is 0 Å². The molecule has 1 aromatic carbocycles. The molecule has 0 saturated carbocycles. The molecule has 1 heterocycles. The molecule has 0 amide bonds. The van der Waals surface area contributed by atoms with Crippen LogP contribution in [-0.2, 0) is 13.1 Å². The molecule has 106 valence electrons. The first-order chi connectivity index (χ1) is 9.74. The maximum atomic E-state index is 8.70. The molecule has 0 atom stereocenters. The minimum absolute atomic E-state index is 0.0606. The molecular formula is C13H16N4O3. The van der Waals surface area contributed by atoms with E-state index in [1.807, 2.05) is 6.07 Å². The van der Waals surface area contributed by atoms with Crippen molar-refractivity contribution < 1.29 is 14.5 Å². The molecule has 0 aliphatic rings. The summed E-state index contributed by atoms with van der Waals surface area (Å²) in [5.41, 5.74) is 7.93. The van der Waals surface area contributed by atoms with Gasteiger partial charge in [-0.15, -0.1) is 0 Å². The fourth-order valence-corrected chi connectivity index (χ4v) is 1.79. The molecule has 0 aliphatic carbocycles. The van der Waals surface area contributed by atoms with Gasteiger partial charge in [-0.2, -0.15) is 0 Å². The molecule has 7 heteroatoms. The molecule has 7 nitrogen and oxygen atoms in total. The van der Waals surface area contributed by atoms with E-state index >= 15 is 0 Å². The predicted octanol–water partition coefficient (Wildman–Crippen LogP) is 1.07. The van der Waals surface area contributed by atoms with E-state index in [9.17, 15) is 0 Å². The standard InChI is InChI=1S/C13H16N4O3/c1-19-12-3-2-9(13(14)16-18)6-10(12)7-15-8-11-4-5-20-17-11/h2-6,15,18H,7-8H2,1H3,(H2,14,16). The Kier molecular flexibility index (Phi) is 4.56. The Morgan fingerprint density at radius 2 is 2.30 bits per heavy atom. The van der Waals surface area contributed by atoms with Gasteiger partial charge in [0.1, 0.15) is 12.0 Å². The second-order valence-corrected chi connectivity index (χ2v) is 4.11. The van der Waals surface area contributed by atoms with Crippen molar-refractivity contribution in [1.29, 1.82) is 0 Å². The van der Waals surface area contributed by atoms with E-state index in [0.717, 1.165) is 17.0 Å². The van der Waals surface area contributed by atoms with E-state index in [1.54, 1.807) is 25.3 Å². The number of amidine groups is 1. The van der Waals surface area contributed by atoms with Crippen LogP contribution in [0.15, 0.2) is 40.2 Å². The van der Waals surface area contributed by atoms with Gasteiger partial charge in [-0.3, -0.25) is 0 Å². The molecule has 0 fully saturated rings. The average molecular weight is 276 g/mol. The molecule has 0 unspecified atom stereocenters. The van der Waals surface area contributed by atoms with E-state index in [4.69, 9.17) is 20.2 Å². The first-order valence-electron chi connectivity index (χ1n) is 5.99. The first-order valence-corrected chi connectivity index (χ1v) is 5.99. The molecule has 0 spiro atoms. The number of benzene rings is 1. The number of hydrogen-bond acceptors (Lipinski definition) is 6. The van der Waals surface area contributed by atoms with Gasteiger partial charge in [0.05, 0.1) is 12.8 Å². The summed E-state index contributed by atoms with van der Waals surface area (Å²) < 4.78 is 10.0. The normalized spacial score (nSPS) is 11.6. The summed E-state index contributed by atoms with van der Waals surface area (Å²) in [6, 6.07) is 7.11. The van der Waals surface area contributed by atoms with Crippen molar-refractivity contribution in [3.63, 3.8) is 0 Å². The summed E-state index contributed by atoms with van der Waals surface area (Å²) >= 11 is 0. The van der Waals surface area contributed by atoms with Gasteiger partial charge in [0.15, 0.2) is 5.84 Å². The van der Waals surface area contributed by atoms with Crippen molar-refractivity contribution in [3.8, 4) is 5.75 Å². The first kappa shape index (κ1) is 13.9. The Balaban J connectivity index is 2.08. The van der Waals surface area contributed by atoms with Crippen LogP contribution < -0.4 is 15.8 Å². The third-order valence-corrected chi connectivity index (χ3v) is 2.80.